The van der Waals surface area contributed by atoms with Gasteiger partial charge in [-0.15, -0.1) is 12.4 Å². The van der Waals surface area contributed by atoms with E-state index in [1.54, 1.807) is 0 Å². The summed E-state index contributed by atoms with van der Waals surface area (Å²) >= 11 is 0. The number of halogens is 1. The second-order valence-electron chi connectivity index (χ2n) is 5.85. The quantitative estimate of drug-likeness (QED) is 0.835. The summed E-state index contributed by atoms with van der Waals surface area (Å²) in [5, 5.41) is 0. The lowest BCUT2D eigenvalue weighted by Gasteiger charge is -2.24. The molecule has 2 rings (SSSR count). The van der Waals surface area contributed by atoms with Crippen LogP contribution in [0.25, 0.3) is 0 Å². The Bertz CT molecular complexity index is 441. The summed E-state index contributed by atoms with van der Waals surface area (Å²) in [6.07, 6.45) is 1.65. The fourth-order valence-corrected chi connectivity index (χ4v) is 3.05. The first-order valence-electron chi connectivity index (χ1n) is 7.97. The number of amides is 1. The summed E-state index contributed by atoms with van der Waals surface area (Å²) < 4.78 is 0. The van der Waals surface area contributed by atoms with Gasteiger partial charge < -0.3 is 10.6 Å². The summed E-state index contributed by atoms with van der Waals surface area (Å²) in [5.74, 6) is 0.789. The van der Waals surface area contributed by atoms with Crippen molar-refractivity contribution < 1.29 is 4.79 Å². The standard InChI is InChI=1S/C17H27N3O.ClH/c1-2-20(17(21)8-10-18)14-16-9-11-19(13-16)12-15-6-4-3-5-7-15;/h3-7,16H,2,8-14,18H2,1H3;1H. The number of nitrogens with two attached hydrogens (primary N) is 1. The largest absolute Gasteiger partial charge is 0.343 e. The molecular weight excluding hydrogens is 298 g/mol. The first-order valence-corrected chi connectivity index (χ1v) is 7.97. The number of carbonyl (C=O) groups excluding carboxylic acids is 1. The average molecular weight is 326 g/mol. The molecule has 1 unspecified atom stereocenters. The van der Waals surface area contributed by atoms with Crippen LogP contribution in [0.1, 0.15) is 25.3 Å². The molecule has 0 aromatic heterocycles. The molecule has 1 heterocycles. The predicted octanol–water partition coefficient (Wildman–Crippen LogP) is 2.13. The van der Waals surface area contributed by atoms with Crippen LogP contribution in [0.5, 0.6) is 0 Å². The van der Waals surface area contributed by atoms with Crippen LogP contribution < -0.4 is 5.73 Å². The van der Waals surface area contributed by atoms with Crippen LogP contribution in [0.4, 0.5) is 0 Å². The molecule has 1 atom stereocenters. The lowest BCUT2D eigenvalue weighted by molar-refractivity contribution is -0.131. The van der Waals surface area contributed by atoms with Crippen molar-refractivity contribution in [2.75, 3.05) is 32.7 Å². The minimum Gasteiger partial charge on any atom is -0.343 e. The van der Waals surface area contributed by atoms with Crippen molar-refractivity contribution in [3.05, 3.63) is 35.9 Å². The molecule has 1 aliphatic heterocycles. The zero-order valence-corrected chi connectivity index (χ0v) is 14.2. The summed E-state index contributed by atoms with van der Waals surface area (Å²) in [6, 6.07) is 10.6. The zero-order valence-electron chi connectivity index (χ0n) is 13.4. The third kappa shape index (κ3) is 5.59. The van der Waals surface area contributed by atoms with E-state index in [9.17, 15) is 4.79 Å². The van der Waals surface area contributed by atoms with Crippen LogP contribution in [-0.2, 0) is 11.3 Å². The predicted molar refractivity (Wildman–Crippen MR) is 93.0 cm³/mol. The number of nitrogens with zero attached hydrogens (tertiary/aromatic N) is 2. The molecular formula is C17H28ClN3O. The maximum Gasteiger partial charge on any atom is 0.223 e. The minimum atomic E-state index is 0. The van der Waals surface area contributed by atoms with Crippen molar-refractivity contribution >= 4 is 18.3 Å². The highest BCUT2D eigenvalue weighted by Crippen LogP contribution is 2.20. The third-order valence-corrected chi connectivity index (χ3v) is 4.19. The Hall–Kier alpha value is -1.10. The van der Waals surface area contributed by atoms with Crippen LogP contribution in [0.15, 0.2) is 30.3 Å². The molecule has 0 radical (unpaired) electrons. The van der Waals surface area contributed by atoms with Crippen molar-refractivity contribution in [2.45, 2.75) is 26.3 Å². The van der Waals surface area contributed by atoms with Crippen LogP contribution in [0.2, 0.25) is 0 Å². The lowest BCUT2D eigenvalue weighted by atomic mass is 10.1. The molecule has 124 valence electrons. The Morgan fingerprint density at radius 2 is 2.09 bits per heavy atom. The van der Waals surface area contributed by atoms with E-state index in [0.717, 1.165) is 32.7 Å². The van der Waals surface area contributed by atoms with E-state index in [1.165, 1.54) is 12.0 Å². The Balaban J connectivity index is 0.00000242. The second-order valence-corrected chi connectivity index (χ2v) is 5.85. The molecule has 4 nitrogen and oxygen atoms in total. The molecule has 22 heavy (non-hydrogen) atoms. The Morgan fingerprint density at radius 3 is 2.73 bits per heavy atom. The molecule has 1 aromatic carbocycles. The molecule has 2 N–H and O–H groups in total. The topological polar surface area (TPSA) is 49.6 Å². The fraction of sp³-hybridized carbons (Fsp3) is 0.588. The van der Waals surface area contributed by atoms with Crippen molar-refractivity contribution in [3.8, 4) is 0 Å². The number of hydrogen-bond donors (Lipinski definition) is 1. The number of benzene rings is 1. The molecule has 0 aliphatic carbocycles. The molecule has 1 amide bonds. The summed E-state index contributed by atoms with van der Waals surface area (Å²) in [5.41, 5.74) is 6.85. The highest BCUT2D eigenvalue weighted by Gasteiger charge is 2.25. The van der Waals surface area contributed by atoms with Crippen LogP contribution in [0.3, 0.4) is 0 Å². The van der Waals surface area contributed by atoms with Gasteiger partial charge in [-0.2, -0.15) is 0 Å². The van der Waals surface area contributed by atoms with Crippen molar-refractivity contribution in [3.63, 3.8) is 0 Å². The van der Waals surface area contributed by atoms with E-state index in [1.807, 2.05) is 11.8 Å². The second kappa shape index (κ2) is 9.82. The molecule has 1 fully saturated rings. The molecule has 1 aromatic rings. The zero-order chi connectivity index (χ0) is 15.1. The highest BCUT2D eigenvalue weighted by molar-refractivity contribution is 5.85. The SMILES string of the molecule is CCN(CC1CCN(Cc2ccccc2)C1)C(=O)CCN.Cl. The van der Waals surface area contributed by atoms with Gasteiger partial charge in [0.25, 0.3) is 0 Å². The molecule has 0 bridgehead atoms. The molecule has 0 spiro atoms. The molecule has 1 saturated heterocycles. The van der Waals surface area contributed by atoms with Gasteiger partial charge >= 0.3 is 0 Å². The number of carbonyl (C=O) groups is 1. The average Bonchev–Trinajstić information content (AvgIpc) is 2.93. The van der Waals surface area contributed by atoms with Gasteiger partial charge in [-0.05, 0) is 31.4 Å². The van der Waals surface area contributed by atoms with E-state index in [4.69, 9.17) is 5.73 Å². The van der Waals surface area contributed by atoms with Crippen LogP contribution in [-0.4, -0.2) is 48.4 Å². The van der Waals surface area contributed by atoms with Gasteiger partial charge in [0.1, 0.15) is 0 Å². The maximum absolute atomic E-state index is 12.0. The van der Waals surface area contributed by atoms with Crippen LogP contribution >= 0.6 is 12.4 Å². The first kappa shape index (κ1) is 18.9. The van der Waals surface area contributed by atoms with E-state index in [-0.39, 0.29) is 18.3 Å². The van der Waals surface area contributed by atoms with E-state index in [2.05, 4.69) is 35.2 Å². The monoisotopic (exact) mass is 325 g/mol. The molecule has 1 aliphatic rings. The van der Waals surface area contributed by atoms with Gasteiger partial charge in [0, 0.05) is 39.1 Å². The number of hydrogen-bond acceptors (Lipinski definition) is 3. The normalized spacial score (nSPS) is 18.0. The minimum absolute atomic E-state index is 0. The van der Waals surface area contributed by atoms with Gasteiger partial charge in [0.05, 0.1) is 0 Å². The third-order valence-electron chi connectivity index (χ3n) is 4.19. The van der Waals surface area contributed by atoms with Gasteiger partial charge in [0.2, 0.25) is 5.91 Å². The Labute approximate surface area is 140 Å². The molecule has 0 saturated carbocycles. The summed E-state index contributed by atoms with van der Waals surface area (Å²) in [6.45, 7) is 7.38. The van der Waals surface area contributed by atoms with E-state index >= 15 is 0 Å². The highest BCUT2D eigenvalue weighted by atomic mass is 35.5. The Morgan fingerprint density at radius 1 is 1.36 bits per heavy atom. The van der Waals surface area contributed by atoms with Gasteiger partial charge in [0.15, 0.2) is 0 Å². The van der Waals surface area contributed by atoms with Gasteiger partial charge in [-0.1, -0.05) is 30.3 Å². The summed E-state index contributed by atoms with van der Waals surface area (Å²) in [7, 11) is 0. The van der Waals surface area contributed by atoms with E-state index in [0.29, 0.717) is 18.9 Å². The lowest BCUT2D eigenvalue weighted by Crippen LogP contribution is -2.37. The van der Waals surface area contributed by atoms with Crippen molar-refractivity contribution in [1.29, 1.82) is 0 Å². The van der Waals surface area contributed by atoms with Crippen LogP contribution in [0, 0.1) is 5.92 Å². The van der Waals surface area contributed by atoms with Crippen molar-refractivity contribution in [1.82, 2.24) is 9.80 Å². The van der Waals surface area contributed by atoms with Gasteiger partial charge in [-0.25, -0.2) is 0 Å². The number of rotatable bonds is 7. The van der Waals surface area contributed by atoms with Gasteiger partial charge in [-0.3, -0.25) is 9.69 Å². The maximum atomic E-state index is 12.0. The first-order chi connectivity index (χ1) is 10.2. The smallest absolute Gasteiger partial charge is 0.223 e. The molecule has 5 heteroatoms. The Kier molecular flexibility index (Phi) is 8.46. The summed E-state index contributed by atoms with van der Waals surface area (Å²) in [4.78, 5) is 16.4. The van der Waals surface area contributed by atoms with E-state index < -0.39 is 0 Å². The van der Waals surface area contributed by atoms with Crippen molar-refractivity contribution in [2.24, 2.45) is 11.7 Å². The fourth-order valence-electron chi connectivity index (χ4n) is 3.05. The number of likely N-dealkylation sites (tertiary alicyclic amines) is 1.